The summed E-state index contributed by atoms with van der Waals surface area (Å²) in [4.78, 5) is 16.6. The number of amides is 1. The fourth-order valence-electron chi connectivity index (χ4n) is 2.51. The number of pyridine rings is 1. The van der Waals surface area contributed by atoms with Crippen molar-refractivity contribution in [2.24, 2.45) is 7.05 Å². The summed E-state index contributed by atoms with van der Waals surface area (Å²) < 4.78 is 7.09. The highest BCUT2D eigenvalue weighted by Gasteiger charge is 2.11. The first-order valence-electron chi connectivity index (χ1n) is 7.00. The highest BCUT2D eigenvalue weighted by molar-refractivity contribution is 5.95. The maximum Gasteiger partial charge on any atom is 0.228 e. The Balaban J connectivity index is 1.78. The number of nitrogens with zero attached hydrogens (tertiary/aromatic N) is 2. The van der Waals surface area contributed by atoms with Crippen molar-refractivity contribution in [2.75, 3.05) is 12.4 Å². The van der Waals surface area contributed by atoms with Crippen LogP contribution in [0.3, 0.4) is 0 Å². The van der Waals surface area contributed by atoms with E-state index in [0.29, 0.717) is 12.2 Å². The van der Waals surface area contributed by atoms with Crippen LogP contribution in [-0.4, -0.2) is 22.6 Å². The Morgan fingerprint density at radius 2 is 2.18 bits per heavy atom. The largest absolute Gasteiger partial charge is 0.497 e. The third-order valence-corrected chi connectivity index (χ3v) is 3.52. The van der Waals surface area contributed by atoms with Crippen molar-refractivity contribution in [3.8, 4) is 5.75 Å². The zero-order chi connectivity index (χ0) is 15.5. The van der Waals surface area contributed by atoms with Crippen LogP contribution in [0.2, 0.25) is 0 Å². The summed E-state index contributed by atoms with van der Waals surface area (Å²) in [6.07, 6.45) is 4.01. The van der Waals surface area contributed by atoms with Gasteiger partial charge in [0.2, 0.25) is 5.91 Å². The summed E-state index contributed by atoms with van der Waals surface area (Å²) in [5, 5.41) is 3.90. The lowest BCUT2D eigenvalue weighted by atomic mass is 10.1. The molecule has 0 fully saturated rings. The van der Waals surface area contributed by atoms with E-state index in [1.807, 2.05) is 48.1 Å². The summed E-state index contributed by atoms with van der Waals surface area (Å²) in [5.41, 5.74) is 2.57. The summed E-state index contributed by atoms with van der Waals surface area (Å²) in [6.45, 7) is 0. The molecule has 0 aliphatic heterocycles. The van der Waals surface area contributed by atoms with Crippen molar-refractivity contribution in [1.29, 1.82) is 0 Å². The average molecular weight is 295 g/mol. The Bertz CT molecular complexity index is 824. The highest BCUT2D eigenvalue weighted by atomic mass is 16.5. The number of ether oxygens (including phenoxy) is 1. The molecule has 1 N–H and O–H groups in total. The Hall–Kier alpha value is -2.82. The van der Waals surface area contributed by atoms with Crippen LogP contribution >= 0.6 is 0 Å². The fraction of sp³-hybridized carbons (Fsp3) is 0.176. The Morgan fingerprint density at radius 1 is 1.32 bits per heavy atom. The molecule has 1 aromatic carbocycles. The molecule has 1 amide bonds. The summed E-state index contributed by atoms with van der Waals surface area (Å²) in [5.74, 6) is 0.650. The van der Waals surface area contributed by atoms with Crippen molar-refractivity contribution in [2.45, 2.75) is 6.42 Å². The van der Waals surface area contributed by atoms with E-state index >= 15 is 0 Å². The first-order valence-corrected chi connectivity index (χ1v) is 7.00. The summed E-state index contributed by atoms with van der Waals surface area (Å²) in [7, 11) is 3.53. The molecule has 5 heteroatoms. The molecule has 0 atom stereocenters. The van der Waals surface area contributed by atoms with E-state index in [4.69, 9.17) is 4.74 Å². The molecule has 3 rings (SSSR count). The number of carbonyl (C=O) groups excluding carboxylic acids is 1. The molecule has 0 aliphatic carbocycles. The van der Waals surface area contributed by atoms with Gasteiger partial charge in [0.05, 0.1) is 13.5 Å². The number of benzene rings is 1. The van der Waals surface area contributed by atoms with E-state index < -0.39 is 0 Å². The topological polar surface area (TPSA) is 56.1 Å². The van der Waals surface area contributed by atoms with Crippen LogP contribution in [0.15, 0.2) is 48.8 Å². The number of carbonyl (C=O) groups is 1. The molecule has 0 bridgehead atoms. The highest BCUT2D eigenvalue weighted by Crippen LogP contribution is 2.20. The van der Waals surface area contributed by atoms with Crippen LogP contribution in [0.1, 0.15) is 5.56 Å². The van der Waals surface area contributed by atoms with E-state index in [0.717, 1.165) is 22.3 Å². The number of rotatable bonds is 4. The number of nitrogens with one attached hydrogen (secondary N) is 1. The zero-order valence-electron chi connectivity index (χ0n) is 12.5. The second-order valence-corrected chi connectivity index (χ2v) is 5.10. The third kappa shape index (κ3) is 2.79. The lowest BCUT2D eigenvalue weighted by Crippen LogP contribution is -2.14. The predicted octanol–water partition coefficient (Wildman–Crippen LogP) is 2.76. The Kier molecular flexibility index (Phi) is 3.78. The van der Waals surface area contributed by atoms with Gasteiger partial charge in [-0.05, 0) is 29.8 Å². The molecule has 0 spiro atoms. The van der Waals surface area contributed by atoms with Gasteiger partial charge in [-0.1, -0.05) is 6.07 Å². The van der Waals surface area contributed by atoms with Gasteiger partial charge in [-0.15, -0.1) is 0 Å². The van der Waals surface area contributed by atoms with Gasteiger partial charge in [-0.3, -0.25) is 4.79 Å². The molecule has 0 radical (unpaired) electrons. The summed E-state index contributed by atoms with van der Waals surface area (Å²) >= 11 is 0. The first kappa shape index (κ1) is 14.1. The molecular weight excluding hydrogens is 278 g/mol. The molecule has 112 valence electrons. The van der Waals surface area contributed by atoms with Crippen molar-refractivity contribution in [1.82, 2.24) is 9.55 Å². The number of anilines is 1. The second-order valence-electron chi connectivity index (χ2n) is 5.10. The molecule has 22 heavy (non-hydrogen) atoms. The van der Waals surface area contributed by atoms with Gasteiger partial charge in [0.25, 0.3) is 0 Å². The molecule has 2 aromatic heterocycles. The second kappa shape index (κ2) is 5.89. The lowest BCUT2D eigenvalue weighted by Gasteiger charge is -2.06. The van der Waals surface area contributed by atoms with E-state index in [1.165, 1.54) is 0 Å². The zero-order valence-corrected chi connectivity index (χ0v) is 12.5. The number of fused-ring (bicyclic) bond motifs is 1. The third-order valence-electron chi connectivity index (χ3n) is 3.52. The molecule has 0 saturated carbocycles. The molecular formula is C17H17N3O2. The van der Waals surface area contributed by atoms with Crippen LogP contribution in [0, 0.1) is 0 Å². The van der Waals surface area contributed by atoms with Crippen LogP contribution in [0.5, 0.6) is 5.75 Å². The van der Waals surface area contributed by atoms with Crippen LogP contribution < -0.4 is 10.1 Å². The lowest BCUT2D eigenvalue weighted by molar-refractivity contribution is -0.115. The maximum absolute atomic E-state index is 12.3. The molecule has 0 aliphatic rings. The minimum atomic E-state index is -0.0652. The SMILES string of the molecule is COc1cccc(NC(=O)Cc2cn(C)c3ncccc23)c1. The minimum Gasteiger partial charge on any atom is -0.497 e. The molecule has 0 unspecified atom stereocenters. The van der Waals surface area contributed by atoms with Crippen molar-refractivity contribution < 1.29 is 9.53 Å². The van der Waals surface area contributed by atoms with Crippen molar-refractivity contribution in [3.63, 3.8) is 0 Å². The van der Waals surface area contributed by atoms with Crippen molar-refractivity contribution in [3.05, 3.63) is 54.4 Å². The van der Waals surface area contributed by atoms with E-state index in [9.17, 15) is 4.79 Å². The van der Waals surface area contributed by atoms with Gasteiger partial charge in [0.15, 0.2) is 0 Å². The number of aromatic nitrogens is 2. The first-order chi connectivity index (χ1) is 10.7. The minimum absolute atomic E-state index is 0.0652. The quantitative estimate of drug-likeness (QED) is 0.805. The molecule has 3 aromatic rings. The average Bonchev–Trinajstić information content (AvgIpc) is 2.84. The number of hydrogen-bond donors (Lipinski definition) is 1. The maximum atomic E-state index is 12.3. The van der Waals surface area contributed by atoms with Crippen LogP contribution in [0.4, 0.5) is 5.69 Å². The van der Waals surface area contributed by atoms with Gasteiger partial charge in [-0.25, -0.2) is 4.98 Å². The van der Waals surface area contributed by atoms with E-state index in [1.54, 1.807) is 19.4 Å². The number of aryl methyl sites for hydroxylation is 1. The van der Waals surface area contributed by atoms with Crippen molar-refractivity contribution >= 4 is 22.6 Å². The monoisotopic (exact) mass is 295 g/mol. The number of hydrogen-bond acceptors (Lipinski definition) is 3. The number of methoxy groups -OCH3 is 1. The normalized spacial score (nSPS) is 10.6. The van der Waals surface area contributed by atoms with Gasteiger partial charge < -0.3 is 14.6 Å². The smallest absolute Gasteiger partial charge is 0.228 e. The van der Waals surface area contributed by atoms with Gasteiger partial charge in [0, 0.05) is 36.6 Å². The summed E-state index contributed by atoms with van der Waals surface area (Å²) in [6, 6.07) is 11.2. The molecule has 2 heterocycles. The Labute approximate surface area is 128 Å². The molecule has 0 saturated heterocycles. The van der Waals surface area contributed by atoms with Crippen LogP contribution in [0.25, 0.3) is 11.0 Å². The predicted molar refractivity (Wildman–Crippen MR) is 86.0 cm³/mol. The van der Waals surface area contributed by atoms with E-state index in [2.05, 4.69) is 10.3 Å². The molecule has 5 nitrogen and oxygen atoms in total. The van der Waals surface area contributed by atoms with Gasteiger partial charge in [0.1, 0.15) is 11.4 Å². The van der Waals surface area contributed by atoms with E-state index in [-0.39, 0.29) is 5.91 Å². The Morgan fingerprint density at radius 3 is 3.00 bits per heavy atom. The fourth-order valence-corrected chi connectivity index (χ4v) is 2.51. The standard InChI is InChI=1S/C17H17N3O2/c1-20-11-12(15-7-4-8-18-17(15)20)9-16(21)19-13-5-3-6-14(10-13)22-2/h3-8,10-11H,9H2,1-2H3,(H,19,21). The van der Waals surface area contributed by atoms with Gasteiger partial charge >= 0.3 is 0 Å². The van der Waals surface area contributed by atoms with Crippen LogP contribution in [-0.2, 0) is 18.3 Å². The van der Waals surface area contributed by atoms with Gasteiger partial charge in [-0.2, -0.15) is 0 Å².